The summed E-state index contributed by atoms with van der Waals surface area (Å²) in [6.45, 7) is 5.76. The third-order valence-electron chi connectivity index (χ3n) is 2.12. The Labute approximate surface area is 83.8 Å². The largest absolute Gasteiger partial charge is 0.339 e. The predicted octanol–water partition coefficient (Wildman–Crippen LogP) is 0.551. The predicted molar refractivity (Wildman–Crippen MR) is 53.3 cm³/mol. The lowest BCUT2D eigenvalue weighted by molar-refractivity contribution is -0.131. The molecule has 0 aromatic carbocycles. The second-order valence-electron chi connectivity index (χ2n) is 3.85. The fourth-order valence-corrected chi connectivity index (χ4v) is 1.42. The highest BCUT2D eigenvalue weighted by Crippen LogP contribution is 2.09. The quantitative estimate of drug-likeness (QED) is 0.634. The van der Waals surface area contributed by atoms with Crippen LogP contribution in [0.5, 0.6) is 0 Å². The molecule has 4 nitrogen and oxygen atoms in total. The number of piperazine rings is 1. The van der Waals surface area contributed by atoms with Gasteiger partial charge in [-0.3, -0.25) is 9.59 Å². The van der Waals surface area contributed by atoms with Crippen molar-refractivity contribution in [2.75, 3.05) is 0 Å². The first-order chi connectivity index (χ1) is 6.54. The molecule has 0 aromatic heterocycles. The van der Waals surface area contributed by atoms with Gasteiger partial charge in [-0.15, -0.1) is 0 Å². The highest BCUT2D eigenvalue weighted by molar-refractivity contribution is 6.04. The molecule has 0 aromatic rings. The van der Waals surface area contributed by atoms with Crippen molar-refractivity contribution in [1.29, 1.82) is 0 Å². The molecule has 78 valence electrons. The minimum absolute atomic E-state index is 0.119. The summed E-state index contributed by atoms with van der Waals surface area (Å²) < 4.78 is 0. The van der Waals surface area contributed by atoms with Gasteiger partial charge in [-0.2, -0.15) is 0 Å². The summed E-state index contributed by atoms with van der Waals surface area (Å²) in [5.74, 6) is 0.0716. The van der Waals surface area contributed by atoms with Crippen molar-refractivity contribution in [1.82, 2.24) is 10.6 Å². The molecule has 1 rings (SSSR count). The molecule has 4 heteroatoms. The molecule has 14 heavy (non-hydrogen) atoms. The number of carbonyl (C=O) groups is 2. The molecule has 0 aliphatic carbocycles. The maximum atomic E-state index is 11.5. The molecule has 2 amide bonds. The van der Waals surface area contributed by atoms with Gasteiger partial charge in [0.15, 0.2) is 0 Å². The zero-order chi connectivity index (χ0) is 10.7. The number of carbonyl (C=O) groups excluding carboxylic acids is 2. The van der Waals surface area contributed by atoms with Crippen LogP contribution in [0.15, 0.2) is 11.8 Å². The fourth-order valence-electron chi connectivity index (χ4n) is 1.42. The summed E-state index contributed by atoms with van der Waals surface area (Å²) in [5, 5.41) is 5.26. The summed E-state index contributed by atoms with van der Waals surface area (Å²) in [4.78, 5) is 22.8. The number of hydrogen-bond donors (Lipinski definition) is 2. The van der Waals surface area contributed by atoms with Gasteiger partial charge in [0.2, 0.25) is 5.91 Å². The van der Waals surface area contributed by atoms with Crippen LogP contribution in [0.25, 0.3) is 0 Å². The average Bonchev–Trinajstić information content (AvgIpc) is 2.10. The lowest BCUT2D eigenvalue weighted by Crippen LogP contribution is -2.55. The van der Waals surface area contributed by atoms with Gasteiger partial charge in [0.1, 0.15) is 11.7 Å². The normalized spacial score (nSPS) is 25.1. The van der Waals surface area contributed by atoms with Gasteiger partial charge < -0.3 is 10.6 Å². The number of amides is 2. The monoisotopic (exact) mass is 196 g/mol. The van der Waals surface area contributed by atoms with Gasteiger partial charge in [-0.05, 0) is 19.3 Å². The summed E-state index contributed by atoms with van der Waals surface area (Å²) in [6.07, 6.45) is 2.27. The number of nitrogens with one attached hydrogen (secondary N) is 2. The van der Waals surface area contributed by atoms with E-state index in [-0.39, 0.29) is 17.9 Å². The van der Waals surface area contributed by atoms with Crippen molar-refractivity contribution in [3.63, 3.8) is 0 Å². The molecule has 0 unspecified atom stereocenters. The van der Waals surface area contributed by atoms with E-state index in [1.807, 2.05) is 13.8 Å². The topological polar surface area (TPSA) is 58.2 Å². The van der Waals surface area contributed by atoms with Crippen LogP contribution in [0.3, 0.4) is 0 Å². The van der Waals surface area contributed by atoms with Crippen LogP contribution in [-0.4, -0.2) is 17.9 Å². The first-order valence-electron chi connectivity index (χ1n) is 4.82. The van der Waals surface area contributed by atoms with Gasteiger partial charge >= 0.3 is 0 Å². The minimum atomic E-state index is -0.383. The second-order valence-corrected chi connectivity index (χ2v) is 3.85. The first-order valence-corrected chi connectivity index (χ1v) is 4.82. The third-order valence-corrected chi connectivity index (χ3v) is 2.12. The van der Waals surface area contributed by atoms with Crippen molar-refractivity contribution in [3.05, 3.63) is 11.8 Å². The molecule has 1 aliphatic heterocycles. The fraction of sp³-hybridized carbons (Fsp3) is 0.600. The van der Waals surface area contributed by atoms with Crippen molar-refractivity contribution >= 4 is 11.8 Å². The van der Waals surface area contributed by atoms with Crippen molar-refractivity contribution in [2.24, 2.45) is 5.92 Å². The van der Waals surface area contributed by atoms with E-state index in [2.05, 4.69) is 10.6 Å². The lowest BCUT2D eigenvalue weighted by Gasteiger charge is -2.25. The van der Waals surface area contributed by atoms with Gasteiger partial charge in [0.05, 0.1) is 0 Å². The van der Waals surface area contributed by atoms with E-state index in [0.29, 0.717) is 18.0 Å². The van der Waals surface area contributed by atoms with Crippen LogP contribution in [0, 0.1) is 5.92 Å². The maximum absolute atomic E-state index is 11.5. The number of allylic oxidation sites excluding steroid dienone is 1. The number of rotatable bonds is 2. The Morgan fingerprint density at radius 1 is 1.43 bits per heavy atom. The van der Waals surface area contributed by atoms with Gasteiger partial charge in [0.25, 0.3) is 5.91 Å². The number of hydrogen-bond acceptors (Lipinski definition) is 2. The van der Waals surface area contributed by atoms with E-state index >= 15 is 0 Å². The summed E-state index contributed by atoms with van der Waals surface area (Å²) in [6, 6.07) is -0.383. The van der Waals surface area contributed by atoms with E-state index in [1.54, 1.807) is 13.0 Å². The van der Waals surface area contributed by atoms with Crippen LogP contribution in [0.2, 0.25) is 0 Å². The van der Waals surface area contributed by atoms with E-state index in [9.17, 15) is 9.59 Å². The Morgan fingerprint density at radius 2 is 2.07 bits per heavy atom. The molecule has 0 spiro atoms. The zero-order valence-electron chi connectivity index (χ0n) is 8.76. The van der Waals surface area contributed by atoms with E-state index in [1.165, 1.54) is 0 Å². The zero-order valence-corrected chi connectivity index (χ0v) is 8.76. The van der Waals surface area contributed by atoms with Crippen LogP contribution in [-0.2, 0) is 9.59 Å². The highest BCUT2D eigenvalue weighted by atomic mass is 16.2. The molecular formula is C10H16N2O2. The molecular weight excluding hydrogens is 180 g/mol. The molecule has 0 bridgehead atoms. The minimum Gasteiger partial charge on any atom is -0.339 e. The van der Waals surface area contributed by atoms with Crippen molar-refractivity contribution in [2.45, 2.75) is 33.2 Å². The van der Waals surface area contributed by atoms with Crippen LogP contribution >= 0.6 is 0 Å². The van der Waals surface area contributed by atoms with E-state index < -0.39 is 0 Å². The maximum Gasteiger partial charge on any atom is 0.268 e. The molecule has 0 saturated carbocycles. The van der Waals surface area contributed by atoms with Gasteiger partial charge in [0, 0.05) is 0 Å². The highest BCUT2D eigenvalue weighted by Gasteiger charge is 2.29. The Balaban J connectivity index is 2.67. The molecule has 1 atom stereocenters. The Bertz CT molecular complexity index is 282. The Hall–Kier alpha value is -1.32. The van der Waals surface area contributed by atoms with Crippen LogP contribution in [0.4, 0.5) is 0 Å². The SMILES string of the molecule is C/C=C1/NC(=O)[C@H](CC(C)C)NC1=O. The van der Waals surface area contributed by atoms with Crippen molar-refractivity contribution < 1.29 is 9.59 Å². The summed E-state index contributed by atoms with van der Waals surface area (Å²) in [7, 11) is 0. The summed E-state index contributed by atoms with van der Waals surface area (Å²) in [5.41, 5.74) is 0.343. The van der Waals surface area contributed by atoms with Crippen molar-refractivity contribution in [3.8, 4) is 0 Å². The van der Waals surface area contributed by atoms with E-state index in [4.69, 9.17) is 0 Å². The molecule has 1 fully saturated rings. The molecule has 1 heterocycles. The first kappa shape index (κ1) is 10.8. The van der Waals surface area contributed by atoms with E-state index in [0.717, 1.165) is 0 Å². The molecule has 2 N–H and O–H groups in total. The molecule has 1 aliphatic rings. The van der Waals surface area contributed by atoms with Crippen LogP contribution in [0.1, 0.15) is 27.2 Å². The average molecular weight is 196 g/mol. The Kier molecular flexibility index (Phi) is 3.28. The standard InChI is InChI=1S/C10H16N2O2/c1-4-7-9(13)12-8(5-6(2)3)10(14)11-7/h4,6,8H,5H2,1-3H3,(H,11,14)(H,12,13)/b7-4+/t8-/m0/s1. The van der Waals surface area contributed by atoms with Gasteiger partial charge in [-0.25, -0.2) is 0 Å². The summed E-state index contributed by atoms with van der Waals surface area (Å²) >= 11 is 0. The van der Waals surface area contributed by atoms with Crippen LogP contribution < -0.4 is 10.6 Å². The third kappa shape index (κ3) is 2.34. The van der Waals surface area contributed by atoms with Gasteiger partial charge in [-0.1, -0.05) is 19.9 Å². The molecule has 1 saturated heterocycles. The molecule has 0 radical (unpaired) electrons. The lowest BCUT2D eigenvalue weighted by atomic mass is 10.0. The smallest absolute Gasteiger partial charge is 0.268 e. The Morgan fingerprint density at radius 3 is 2.57 bits per heavy atom. The second kappa shape index (κ2) is 4.26.